The molecule has 0 amide bonds. The van der Waals surface area contributed by atoms with Gasteiger partial charge in [-0.25, -0.2) is 0 Å². The fourth-order valence-corrected chi connectivity index (χ4v) is 3.12. The van der Waals surface area contributed by atoms with Gasteiger partial charge in [-0.2, -0.15) is 9.94 Å². The van der Waals surface area contributed by atoms with Crippen LogP contribution in [0.3, 0.4) is 0 Å². The molecule has 0 saturated carbocycles. The largest absolute Gasteiger partial charge is 0.214 e. The van der Waals surface area contributed by atoms with Gasteiger partial charge in [0.1, 0.15) is 0 Å². The minimum absolute atomic E-state index is 0.000313. The van der Waals surface area contributed by atoms with E-state index in [0.29, 0.717) is 11.6 Å². The minimum atomic E-state index is -0.000313. The minimum Gasteiger partial charge on any atom is -0.198 e. The van der Waals surface area contributed by atoms with Gasteiger partial charge >= 0.3 is 0 Å². The van der Waals surface area contributed by atoms with Crippen LogP contribution in [0.1, 0.15) is 17.2 Å². The number of benzene rings is 2. The summed E-state index contributed by atoms with van der Waals surface area (Å²) in [5.74, 6) is 0. The highest BCUT2D eigenvalue weighted by molar-refractivity contribution is 7.99. The van der Waals surface area contributed by atoms with Gasteiger partial charge in [-0.15, -0.1) is 5.10 Å². The van der Waals surface area contributed by atoms with E-state index >= 15 is 0 Å². The molecule has 0 bridgehead atoms. The summed E-state index contributed by atoms with van der Waals surface area (Å²) >= 11 is 1.50. The molecule has 1 unspecified atom stereocenters. The van der Waals surface area contributed by atoms with Gasteiger partial charge in [-0.05, 0) is 28.1 Å². The molecule has 0 spiro atoms. The molecule has 0 aliphatic heterocycles. The highest BCUT2D eigenvalue weighted by Crippen LogP contribution is 2.36. The maximum atomic E-state index is 9.09. The lowest BCUT2D eigenvalue weighted by Gasteiger charge is -2.13. The van der Waals surface area contributed by atoms with Gasteiger partial charge in [-0.1, -0.05) is 60.3 Å². The molecule has 3 rings (SSSR count). The first-order chi connectivity index (χ1) is 10.9. The van der Waals surface area contributed by atoms with Gasteiger partial charge in [0, 0.05) is 0 Å². The zero-order valence-electron chi connectivity index (χ0n) is 11.7. The fraction of sp³-hybridized carbons (Fsp3) is 0.125. The van der Waals surface area contributed by atoms with Crippen molar-refractivity contribution in [2.75, 3.05) is 0 Å². The first kappa shape index (κ1) is 14.3. The van der Waals surface area contributed by atoms with Crippen LogP contribution in [0.15, 0.2) is 65.8 Å². The van der Waals surface area contributed by atoms with E-state index in [-0.39, 0.29) is 5.25 Å². The second-order valence-corrected chi connectivity index (χ2v) is 5.76. The van der Waals surface area contributed by atoms with Crippen LogP contribution < -0.4 is 0 Å². The van der Waals surface area contributed by atoms with Crippen LogP contribution in [0.25, 0.3) is 5.69 Å². The summed E-state index contributed by atoms with van der Waals surface area (Å²) < 4.78 is 1.69. The highest BCUT2D eigenvalue weighted by Gasteiger charge is 2.18. The summed E-state index contributed by atoms with van der Waals surface area (Å²) in [4.78, 5) is 0. The van der Waals surface area contributed by atoms with Gasteiger partial charge in [-0.3, -0.25) is 0 Å². The number of para-hydroxylation sites is 1. The summed E-state index contributed by atoms with van der Waals surface area (Å²) in [6.45, 7) is 0. The van der Waals surface area contributed by atoms with Gasteiger partial charge in [0.15, 0.2) is 0 Å². The number of nitrogens with zero attached hydrogens (tertiary/aromatic N) is 5. The predicted molar refractivity (Wildman–Crippen MR) is 84.4 cm³/mol. The first-order valence-corrected chi connectivity index (χ1v) is 7.69. The predicted octanol–water partition coefficient (Wildman–Crippen LogP) is 3.41. The van der Waals surface area contributed by atoms with Crippen molar-refractivity contribution in [3.63, 3.8) is 0 Å². The molecule has 5 nitrogen and oxygen atoms in total. The number of aromatic nitrogens is 4. The zero-order valence-corrected chi connectivity index (χ0v) is 12.5. The molecule has 0 N–H and O–H groups in total. The van der Waals surface area contributed by atoms with Crippen LogP contribution >= 0.6 is 11.8 Å². The van der Waals surface area contributed by atoms with Gasteiger partial charge in [0.05, 0.1) is 23.4 Å². The summed E-state index contributed by atoms with van der Waals surface area (Å²) in [6.07, 6.45) is 0.399. The zero-order chi connectivity index (χ0) is 15.2. The third-order valence-corrected chi connectivity index (χ3v) is 4.33. The number of hydrogen-bond acceptors (Lipinski definition) is 5. The SMILES string of the molecule is N#CCC(Sc1nnnn1-c1ccccc1)c1ccccc1. The number of hydrogen-bond donors (Lipinski definition) is 0. The average molecular weight is 307 g/mol. The van der Waals surface area contributed by atoms with E-state index in [1.807, 2.05) is 60.7 Å². The number of thioether (sulfide) groups is 1. The summed E-state index contributed by atoms with van der Waals surface area (Å²) in [5, 5.41) is 21.7. The van der Waals surface area contributed by atoms with Crippen LogP contribution in [0, 0.1) is 11.3 Å². The Kier molecular flexibility index (Phi) is 4.47. The molecule has 0 aliphatic carbocycles. The molecule has 1 aromatic heterocycles. The quantitative estimate of drug-likeness (QED) is 0.676. The van der Waals surface area contributed by atoms with Crippen molar-refractivity contribution in [2.45, 2.75) is 16.8 Å². The Morgan fingerprint density at radius 1 is 1.05 bits per heavy atom. The third kappa shape index (κ3) is 3.15. The van der Waals surface area contributed by atoms with Gasteiger partial charge in [0.25, 0.3) is 0 Å². The van der Waals surface area contributed by atoms with Gasteiger partial charge < -0.3 is 0 Å². The topological polar surface area (TPSA) is 67.4 Å². The van der Waals surface area contributed by atoms with E-state index in [9.17, 15) is 0 Å². The van der Waals surface area contributed by atoms with E-state index in [2.05, 4.69) is 21.6 Å². The van der Waals surface area contributed by atoms with Crippen LogP contribution in [0.2, 0.25) is 0 Å². The molecule has 3 aromatic rings. The Hall–Kier alpha value is -2.65. The second-order valence-electron chi connectivity index (χ2n) is 4.59. The van der Waals surface area contributed by atoms with Crippen molar-refractivity contribution < 1.29 is 0 Å². The summed E-state index contributed by atoms with van der Waals surface area (Å²) in [5.41, 5.74) is 2.00. The first-order valence-electron chi connectivity index (χ1n) is 6.81. The van der Waals surface area contributed by atoms with Crippen molar-refractivity contribution in [1.82, 2.24) is 20.2 Å². The van der Waals surface area contributed by atoms with Gasteiger partial charge in [0.2, 0.25) is 5.16 Å². The van der Waals surface area contributed by atoms with E-state index in [1.165, 1.54) is 11.8 Å². The number of rotatable bonds is 5. The standard InChI is InChI=1S/C16H13N5S/c17-12-11-15(13-7-3-1-4-8-13)22-16-18-19-20-21(16)14-9-5-2-6-10-14/h1-10,15H,11H2. The van der Waals surface area contributed by atoms with Crippen LogP contribution in [-0.4, -0.2) is 20.2 Å². The molecule has 1 heterocycles. The molecule has 0 radical (unpaired) electrons. The van der Waals surface area contributed by atoms with E-state index in [0.717, 1.165) is 11.3 Å². The van der Waals surface area contributed by atoms with E-state index in [4.69, 9.17) is 5.26 Å². The molecular formula is C16H13N5S. The Morgan fingerprint density at radius 2 is 1.73 bits per heavy atom. The van der Waals surface area contributed by atoms with Crippen molar-refractivity contribution in [1.29, 1.82) is 5.26 Å². The van der Waals surface area contributed by atoms with Crippen LogP contribution in [0.5, 0.6) is 0 Å². The maximum Gasteiger partial charge on any atom is 0.214 e. The molecule has 0 fully saturated rings. The highest BCUT2D eigenvalue weighted by atomic mass is 32.2. The summed E-state index contributed by atoms with van der Waals surface area (Å²) in [6, 6.07) is 21.9. The Labute approximate surface area is 132 Å². The fourth-order valence-electron chi connectivity index (χ4n) is 2.09. The average Bonchev–Trinajstić information content (AvgIpc) is 3.04. The Bertz CT molecular complexity index is 764. The van der Waals surface area contributed by atoms with Crippen molar-refractivity contribution in [3.05, 3.63) is 66.2 Å². The Morgan fingerprint density at radius 3 is 2.41 bits per heavy atom. The second kappa shape index (κ2) is 6.87. The van der Waals surface area contributed by atoms with Crippen LogP contribution in [-0.2, 0) is 0 Å². The lowest BCUT2D eigenvalue weighted by molar-refractivity contribution is 0.754. The Balaban J connectivity index is 1.89. The normalized spacial score (nSPS) is 11.8. The van der Waals surface area contributed by atoms with Crippen molar-refractivity contribution in [2.24, 2.45) is 0 Å². The summed E-state index contributed by atoms with van der Waals surface area (Å²) in [7, 11) is 0. The molecule has 108 valence electrons. The number of nitriles is 1. The monoisotopic (exact) mass is 307 g/mol. The van der Waals surface area contributed by atoms with Crippen molar-refractivity contribution in [3.8, 4) is 11.8 Å². The molecular weight excluding hydrogens is 294 g/mol. The molecule has 0 aliphatic rings. The lowest BCUT2D eigenvalue weighted by Crippen LogP contribution is -2.01. The van der Waals surface area contributed by atoms with Crippen molar-refractivity contribution >= 4 is 11.8 Å². The van der Waals surface area contributed by atoms with E-state index < -0.39 is 0 Å². The maximum absolute atomic E-state index is 9.09. The molecule has 0 saturated heterocycles. The molecule has 1 atom stereocenters. The molecule has 6 heteroatoms. The molecule has 22 heavy (non-hydrogen) atoms. The number of tetrazole rings is 1. The molecule has 2 aromatic carbocycles. The lowest BCUT2D eigenvalue weighted by atomic mass is 10.1. The van der Waals surface area contributed by atoms with E-state index in [1.54, 1.807) is 4.68 Å². The smallest absolute Gasteiger partial charge is 0.198 e. The van der Waals surface area contributed by atoms with Crippen LogP contribution in [0.4, 0.5) is 0 Å². The third-order valence-electron chi connectivity index (χ3n) is 3.14.